The van der Waals surface area contributed by atoms with E-state index in [-0.39, 0.29) is 0 Å². The van der Waals surface area contributed by atoms with Gasteiger partial charge >= 0.3 is 0 Å². The van der Waals surface area contributed by atoms with Crippen LogP contribution in [0.5, 0.6) is 0 Å². The van der Waals surface area contributed by atoms with Gasteiger partial charge in [0.2, 0.25) is 0 Å². The fraction of sp³-hybridized carbons (Fsp3) is 0.643. The molecule has 0 aliphatic heterocycles. The lowest BCUT2D eigenvalue weighted by atomic mass is 10.0. The van der Waals surface area contributed by atoms with E-state index in [2.05, 4.69) is 12.2 Å². The van der Waals surface area contributed by atoms with Crippen molar-refractivity contribution in [3.63, 3.8) is 0 Å². The first-order valence-corrected chi connectivity index (χ1v) is 7.51. The second kappa shape index (κ2) is 24.8. The zero-order chi connectivity index (χ0) is 24.0. The van der Waals surface area contributed by atoms with Gasteiger partial charge in [0.1, 0.15) is 24.4 Å². The largest absolute Gasteiger partial charge is 0.481 e. The van der Waals surface area contributed by atoms with Crippen LogP contribution in [0.25, 0.3) is 0 Å². The average molecular weight is 436 g/mol. The van der Waals surface area contributed by atoms with Crippen LogP contribution in [0.1, 0.15) is 27.7 Å². The van der Waals surface area contributed by atoms with Crippen molar-refractivity contribution in [1.29, 1.82) is 0 Å². The fourth-order valence-corrected chi connectivity index (χ4v) is 0.779. The van der Waals surface area contributed by atoms with E-state index in [1.165, 1.54) is 0 Å². The highest BCUT2D eigenvalue weighted by atomic mass is 32.1. The fourth-order valence-electron chi connectivity index (χ4n) is 0.618. The topological polar surface area (TPSA) is 250 Å². The predicted octanol–water partition coefficient (Wildman–Crippen LogP) is -2.21. The molecule has 0 bridgehead atoms. The van der Waals surface area contributed by atoms with Gasteiger partial charge in [0.25, 0.3) is 23.9 Å². The van der Waals surface area contributed by atoms with E-state index in [9.17, 15) is 0 Å². The number of aliphatic hydroxyl groups is 5. The zero-order valence-electron chi connectivity index (χ0n) is 15.7. The van der Waals surface area contributed by atoms with Gasteiger partial charge in [0, 0.05) is 33.1 Å². The molecule has 0 saturated carbocycles. The van der Waals surface area contributed by atoms with Gasteiger partial charge in [-0.3, -0.25) is 19.2 Å². The van der Waals surface area contributed by atoms with Gasteiger partial charge in [0.15, 0.2) is 0 Å². The van der Waals surface area contributed by atoms with E-state index in [0.717, 1.165) is 33.1 Å². The summed E-state index contributed by atoms with van der Waals surface area (Å²) < 4.78 is 0. The summed E-state index contributed by atoms with van der Waals surface area (Å²) in [5.41, 5.74) is 0. The van der Waals surface area contributed by atoms with Gasteiger partial charge in [-0.05, 0) is 0 Å². The van der Waals surface area contributed by atoms with E-state index < -0.39 is 54.9 Å². The highest BCUT2D eigenvalue weighted by Gasteiger charge is 2.28. The van der Waals surface area contributed by atoms with Crippen LogP contribution in [-0.4, -0.2) is 106 Å². The molecule has 13 nitrogen and oxygen atoms in total. The molecule has 0 rings (SSSR count). The molecule has 0 heterocycles. The summed E-state index contributed by atoms with van der Waals surface area (Å²) in [6.45, 7) is 3.64. The molecule has 0 aliphatic rings. The molecule has 0 aliphatic carbocycles. The molecule has 0 aromatic carbocycles. The van der Waals surface area contributed by atoms with Gasteiger partial charge < -0.3 is 46.0 Å². The lowest BCUT2D eigenvalue weighted by Gasteiger charge is -2.23. The van der Waals surface area contributed by atoms with Crippen LogP contribution in [-0.2, 0) is 19.2 Å². The highest BCUT2D eigenvalue weighted by molar-refractivity contribution is 7.79. The van der Waals surface area contributed by atoms with Crippen LogP contribution in [0.15, 0.2) is 0 Å². The minimum atomic E-state index is -1.61. The van der Waals surface area contributed by atoms with Crippen molar-refractivity contribution in [1.82, 2.24) is 0 Å². The second-order valence-electron chi connectivity index (χ2n) is 4.43. The summed E-state index contributed by atoms with van der Waals surface area (Å²) in [6, 6.07) is 0. The summed E-state index contributed by atoms with van der Waals surface area (Å²) >= 11 is 4.30. The number of aliphatic hydroxyl groups excluding tert-OH is 5. The average Bonchev–Trinajstić information content (AvgIpc) is 2.49. The summed E-state index contributed by atoms with van der Waals surface area (Å²) in [7, 11) is 0. The first-order chi connectivity index (χ1) is 12.5. The third-order valence-electron chi connectivity index (χ3n) is 1.42. The van der Waals surface area contributed by atoms with Crippen LogP contribution in [0, 0.1) is 0 Å². The summed E-state index contributed by atoms with van der Waals surface area (Å²) in [5.74, 6) is -3.33. The Morgan fingerprint density at radius 1 is 0.714 bits per heavy atom. The molecule has 0 amide bonds. The Labute approximate surface area is 166 Å². The number of carbonyl (C=O) groups is 4. The van der Waals surface area contributed by atoms with Crippen LogP contribution < -0.4 is 0 Å². The third kappa shape index (κ3) is 65.0. The van der Waals surface area contributed by atoms with Gasteiger partial charge in [0.05, 0.1) is 6.61 Å². The predicted molar refractivity (Wildman–Crippen MR) is 98.0 cm³/mol. The first-order valence-electron chi connectivity index (χ1n) is 7.04. The Bertz CT molecular complexity index is 377. The SMILES string of the molecule is CC(=O)O.CC(=O)O.CC(=O)O.CC(=O)O.OCC(O)C(O)C(O)C(O)C=S. The van der Waals surface area contributed by atoms with E-state index >= 15 is 0 Å². The molecular weight excluding hydrogens is 408 g/mol. The number of carboxylic acids is 4. The minimum absolute atomic E-state index is 0.692. The molecule has 28 heavy (non-hydrogen) atoms. The summed E-state index contributed by atoms with van der Waals surface area (Å²) in [6.07, 6.45) is -6.06. The maximum Gasteiger partial charge on any atom is 0.300 e. The van der Waals surface area contributed by atoms with Crippen molar-refractivity contribution in [2.45, 2.75) is 52.1 Å². The minimum Gasteiger partial charge on any atom is -0.481 e. The van der Waals surface area contributed by atoms with E-state index in [4.69, 9.17) is 65.1 Å². The van der Waals surface area contributed by atoms with Crippen molar-refractivity contribution in [3.05, 3.63) is 0 Å². The normalized spacial score (nSPS) is 12.6. The highest BCUT2D eigenvalue weighted by Crippen LogP contribution is 2.03. The van der Waals surface area contributed by atoms with Gasteiger partial charge in [-0.25, -0.2) is 0 Å². The van der Waals surface area contributed by atoms with Crippen molar-refractivity contribution >= 4 is 41.5 Å². The monoisotopic (exact) mass is 436 g/mol. The molecule has 9 N–H and O–H groups in total. The number of hydrogen-bond acceptors (Lipinski definition) is 10. The zero-order valence-corrected chi connectivity index (χ0v) is 16.5. The molecule has 0 aromatic rings. The maximum absolute atomic E-state index is 9.02. The Hall–Kier alpha value is -2.23. The molecule has 0 aromatic heterocycles. The Kier molecular flexibility index (Phi) is 32.4. The van der Waals surface area contributed by atoms with E-state index in [1.54, 1.807) is 0 Å². The lowest BCUT2D eigenvalue weighted by molar-refractivity contribution is -0.135. The van der Waals surface area contributed by atoms with Crippen LogP contribution >= 0.6 is 12.2 Å². The third-order valence-corrected chi connectivity index (χ3v) is 1.70. The number of rotatable bonds is 5. The number of thiocarbonyl (C=S) groups is 1. The molecule has 0 saturated heterocycles. The summed E-state index contributed by atoms with van der Waals surface area (Å²) in [4.78, 5) is 36.0. The number of carboxylic acid groups (broad SMARTS) is 4. The first kappa shape index (κ1) is 36.7. The molecule has 14 heteroatoms. The van der Waals surface area contributed by atoms with Crippen molar-refractivity contribution < 1.29 is 65.1 Å². The molecule has 4 unspecified atom stereocenters. The molecule has 4 atom stereocenters. The maximum atomic E-state index is 9.02. The van der Waals surface area contributed by atoms with Gasteiger partial charge in [-0.1, -0.05) is 12.2 Å². The van der Waals surface area contributed by atoms with E-state index in [0.29, 0.717) is 0 Å². The van der Waals surface area contributed by atoms with Gasteiger partial charge in [-0.15, -0.1) is 0 Å². The van der Waals surface area contributed by atoms with Crippen molar-refractivity contribution in [2.75, 3.05) is 6.61 Å². The summed E-state index contributed by atoms with van der Waals surface area (Å²) in [5, 5.41) is 74.6. The van der Waals surface area contributed by atoms with Crippen molar-refractivity contribution in [2.24, 2.45) is 0 Å². The molecule has 0 fully saturated rings. The van der Waals surface area contributed by atoms with E-state index in [1.807, 2.05) is 0 Å². The quantitative estimate of drug-likeness (QED) is 0.207. The molecule has 0 spiro atoms. The lowest BCUT2D eigenvalue weighted by Crippen LogP contribution is -2.46. The molecule has 0 radical (unpaired) electrons. The van der Waals surface area contributed by atoms with Crippen LogP contribution in [0.3, 0.4) is 0 Å². The number of aliphatic carboxylic acids is 4. The van der Waals surface area contributed by atoms with Gasteiger partial charge in [-0.2, -0.15) is 0 Å². The number of hydrogen-bond donors (Lipinski definition) is 9. The standard InChI is InChI=1S/C6H12O5S.4C2H4O2/c7-1-3(8)5(10)6(11)4(9)2-12;4*1-2(3)4/h2-11H,1H2;4*1H3,(H,3,4). The van der Waals surface area contributed by atoms with Crippen LogP contribution in [0.2, 0.25) is 0 Å². The second-order valence-corrected chi connectivity index (χ2v) is 4.71. The Morgan fingerprint density at radius 3 is 1.07 bits per heavy atom. The molecular formula is C14H28O13S. The van der Waals surface area contributed by atoms with Crippen LogP contribution in [0.4, 0.5) is 0 Å². The smallest absolute Gasteiger partial charge is 0.300 e. The Balaban J connectivity index is -0.0000000910. The van der Waals surface area contributed by atoms with Crippen molar-refractivity contribution in [3.8, 4) is 0 Å². The molecule has 168 valence electrons. The Morgan fingerprint density at radius 2 is 0.929 bits per heavy atom.